The molecule has 5 heteroatoms. The first kappa shape index (κ1) is 14.4. The highest BCUT2D eigenvalue weighted by Crippen LogP contribution is 2.22. The Labute approximate surface area is 119 Å². The number of amides is 1. The molecule has 19 heavy (non-hydrogen) atoms. The summed E-state index contributed by atoms with van der Waals surface area (Å²) in [7, 11) is 1.84. The van der Waals surface area contributed by atoms with E-state index in [-0.39, 0.29) is 5.91 Å². The summed E-state index contributed by atoms with van der Waals surface area (Å²) in [5.74, 6) is 0.713. The number of likely N-dealkylation sites (tertiary alicyclic amines) is 1. The Bertz CT molecular complexity index is 442. The maximum Gasteiger partial charge on any atom is 0.272 e. The van der Waals surface area contributed by atoms with E-state index < -0.39 is 0 Å². The molecule has 0 aliphatic carbocycles. The van der Waals surface area contributed by atoms with Gasteiger partial charge in [0, 0.05) is 25.5 Å². The second kappa shape index (κ2) is 6.42. The van der Waals surface area contributed by atoms with Gasteiger partial charge in [-0.2, -0.15) is 5.10 Å². The molecule has 0 spiro atoms. The van der Waals surface area contributed by atoms with Crippen LogP contribution in [0.15, 0.2) is 6.07 Å². The Morgan fingerprint density at radius 3 is 2.95 bits per heavy atom. The average Bonchev–Trinajstić information content (AvgIpc) is 2.80. The predicted molar refractivity (Wildman–Crippen MR) is 76.6 cm³/mol. The summed E-state index contributed by atoms with van der Waals surface area (Å²) in [5, 5.41) is 4.36. The zero-order valence-electron chi connectivity index (χ0n) is 11.7. The number of carbonyl (C=O) groups is 1. The second-order valence-corrected chi connectivity index (χ2v) is 5.50. The monoisotopic (exact) mass is 283 g/mol. The zero-order chi connectivity index (χ0) is 13.8. The largest absolute Gasteiger partial charge is 0.334 e. The van der Waals surface area contributed by atoms with Crippen molar-refractivity contribution in [3.63, 3.8) is 0 Å². The lowest BCUT2D eigenvalue weighted by molar-refractivity contribution is 0.0598. The molecule has 0 aromatic carbocycles. The Kier molecular flexibility index (Phi) is 4.86. The maximum atomic E-state index is 12.7. The van der Waals surface area contributed by atoms with Crippen molar-refractivity contribution in [2.24, 2.45) is 7.05 Å². The van der Waals surface area contributed by atoms with Crippen LogP contribution in [-0.2, 0) is 13.5 Å². The van der Waals surface area contributed by atoms with Crippen LogP contribution in [0.25, 0.3) is 0 Å². The average molecular weight is 284 g/mol. The molecule has 0 bridgehead atoms. The van der Waals surface area contributed by atoms with E-state index in [0.717, 1.165) is 37.9 Å². The van der Waals surface area contributed by atoms with Crippen molar-refractivity contribution < 1.29 is 4.79 Å². The highest BCUT2D eigenvalue weighted by atomic mass is 35.5. The molecular weight excluding hydrogens is 262 g/mol. The minimum atomic E-state index is 0.101. The second-order valence-electron chi connectivity index (χ2n) is 5.12. The van der Waals surface area contributed by atoms with E-state index in [2.05, 4.69) is 5.10 Å². The molecule has 1 amide bonds. The molecule has 1 aliphatic rings. The maximum absolute atomic E-state index is 12.7. The molecule has 1 unspecified atom stereocenters. The molecule has 106 valence electrons. The van der Waals surface area contributed by atoms with Gasteiger partial charge in [0.1, 0.15) is 5.69 Å². The van der Waals surface area contributed by atoms with Crippen molar-refractivity contribution in [3.8, 4) is 0 Å². The summed E-state index contributed by atoms with van der Waals surface area (Å²) < 4.78 is 1.70. The normalized spacial score (nSPS) is 19.7. The van der Waals surface area contributed by atoms with Crippen molar-refractivity contribution in [2.75, 3.05) is 12.4 Å². The van der Waals surface area contributed by atoms with Crippen LogP contribution in [0.1, 0.15) is 48.8 Å². The lowest BCUT2D eigenvalue weighted by Gasteiger charge is -2.35. The van der Waals surface area contributed by atoms with Crippen LogP contribution in [0.4, 0.5) is 0 Å². The highest BCUT2D eigenvalue weighted by Gasteiger charge is 2.28. The van der Waals surface area contributed by atoms with Crippen molar-refractivity contribution in [1.29, 1.82) is 0 Å². The molecule has 0 N–H and O–H groups in total. The van der Waals surface area contributed by atoms with Gasteiger partial charge in [-0.05, 0) is 38.2 Å². The fourth-order valence-electron chi connectivity index (χ4n) is 2.74. The van der Waals surface area contributed by atoms with Gasteiger partial charge in [-0.15, -0.1) is 11.6 Å². The lowest BCUT2D eigenvalue weighted by Crippen LogP contribution is -2.44. The Morgan fingerprint density at radius 2 is 2.32 bits per heavy atom. The van der Waals surface area contributed by atoms with Gasteiger partial charge in [0.2, 0.25) is 0 Å². The number of alkyl halides is 1. The molecule has 4 nitrogen and oxygen atoms in total. The van der Waals surface area contributed by atoms with Crippen LogP contribution >= 0.6 is 11.6 Å². The van der Waals surface area contributed by atoms with Gasteiger partial charge >= 0.3 is 0 Å². The van der Waals surface area contributed by atoms with Crippen molar-refractivity contribution in [2.45, 2.75) is 45.1 Å². The molecule has 0 radical (unpaired) electrons. The number of piperidine rings is 1. The molecule has 0 saturated carbocycles. The van der Waals surface area contributed by atoms with E-state index in [9.17, 15) is 4.79 Å². The Morgan fingerprint density at radius 1 is 1.53 bits per heavy atom. The fraction of sp³-hybridized carbons (Fsp3) is 0.714. The number of rotatable bonds is 4. The molecular formula is C14H22ClN3O. The highest BCUT2D eigenvalue weighted by molar-refractivity contribution is 6.17. The van der Waals surface area contributed by atoms with Crippen LogP contribution in [-0.4, -0.2) is 39.1 Å². The smallest absolute Gasteiger partial charge is 0.272 e. The quantitative estimate of drug-likeness (QED) is 0.797. The SMILES string of the molecule is CCc1cc(C(=O)N2CCCCC2CCCl)n(C)n1. The van der Waals surface area contributed by atoms with Gasteiger partial charge in [0.05, 0.1) is 5.69 Å². The van der Waals surface area contributed by atoms with Crippen LogP contribution in [0.5, 0.6) is 0 Å². The molecule has 2 rings (SSSR count). The summed E-state index contributed by atoms with van der Waals surface area (Å²) in [4.78, 5) is 14.6. The van der Waals surface area contributed by atoms with Crippen LogP contribution < -0.4 is 0 Å². The summed E-state index contributed by atoms with van der Waals surface area (Å²) in [6.07, 6.45) is 5.08. The predicted octanol–water partition coefficient (Wildman–Crippen LogP) is 2.61. The van der Waals surface area contributed by atoms with Crippen LogP contribution in [0.3, 0.4) is 0 Å². The van der Waals surface area contributed by atoms with E-state index in [0.29, 0.717) is 17.6 Å². The summed E-state index contributed by atoms with van der Waals surface area (Å²) >= 11 is 5.85. The summed E-state index contributed by atoms with van der Waals surface area (Å²) in [6, 6.07) is 2.20. The van der Waals surface area contributed by atoms with Gasteiger partial charge in [-0.25, -0.2) is 0 Å². The molecule has 2 heterocycles. The first-order chi connectivity index (χ1) is 9.17. The minimum absolute atomic E-state index is 0.101. The lowest BCUT2D eigenvalue weighted by atomic mass is 9.99. The third kappa shape index (κ3) is 3.11. The first-order valence-corrected chi connectivity index (χ1v) is 7.60. The Balaban J connectivity index is 2.18. The van der Waals surface area contributed by atoms with Crippen LogP contribution in [0.2, 0.25) is 0 Å². The van der Waals surface area contributed by atoms with Gasteiger partial charge in [-0.1, -0.05) is 6.92 Å². The molecule has 1 atom stereocenters. The van der Waals surface area contributed by atoms with E-state index in [4.69, 9.17) is 11.6 Å². The number of halogens is 1. The van der Waals surface area contributed by atoms with Gasteiger partial charge in [0.25, 0.3) is 5.91 Å². The topological polar surface area (TPSA) is 38.1 Å². The summed E-state index contributed by atoms with van der Waals surface area (Å²) in [6.45, 7) is 2.89. The third-order valence-corrected chi connectivity index (χ3v) is 4.06. The van der Waals surface area contributed by atoms with Crippen molar-refractivity contribution in [1.82, 2.24) is 14.7 Å². The zero-order valence-corrected chi connectivity index (χ0v) is 12.5. The molecule has 1 aromatic rings. The molecule has 1 saturated heterocycles. The number of hydrogen-bond acceptors (Lipinski definition) is 2. The van der Waals surface area contributed by atoms with E-state index in [1.54, 1.807) is 4.68 Å². The van der Waals surface area contributed by atoms with E-state index in [1.165, 1.54) is 6.42 Å². The Hall–Kier alpha value is -1.03. The van der Waals surface area contributed by atoms with Crippen molar-refractivity contribution in [3.05, 3.63) is 17.5 Å². The number of aryl methyl sites for hydroxylation is 2. The van der Waals surface area contributed by atoms with Gasteiger partial charge < -0.3 is 4.90 Å². The number of aromatic nitrogens is 2. The van der Waals surface area contributed by atoms with Crippen molar-refractivity contribution >= 4 is 17.5 Å². The molecule has 1 fully saturated rings. The standard InChI is InChI=1S/C14H22ClN3O/c1-3-11-10-13(17(2)16-11)14(19)18-9-5-4-6-12(18)7-8-15/h10,12H,3-9H2,1-2H3. The first-order valence-electron chi connectivity index (χ1n) is 7.07. The fourth-order valence-corrected chi connectivity index (χ4v) is 2.99. The third-order valence-electron chi connectivity index (χ3n) is 3.84. The van der Waals surface area contributed by atoms with Gasteiger partial charge in [-0.3, -0.25) is 9.48 Å². The number of hydrogen-bond donors (Lipinski definition) is 0. The molecule has 1 aliphatic heterocycles. The van der Waals surface area contributed by atoms with Gasteiger partial charge in [0.15, 0.2) is 0 Å². The van der Waals surface area contributed by atoms with E-state index in [1.807, 2.05) is 24.9 Å². The number of carbonyl (C=O) groups excluding carboxylic acids is 1. The van der Waals surface area contributed by atoms with Crippen LogP contribution in [0, 0.1) is 0 Å². The number of nitrogens with zero attached hydrogens (tertiary/aromatic N) is 3. The summed E-state index contributed by atoms with van der Waals surface area (Å²) in [5.41, 5.74) is 1.66. The van der Waals surface area contributed by atoms with E-state index >= 15 is 0 Å². The minimum Gasteiger partial charge on any atom is -0.334 e. The molecule has 1 aromatic heterocycles.